The summed E-state index contributed by atoms with van der Waals surface area (Å²) in [4.78, 5) is 36.9. The summed E-state index contributed by atoms with van der Waals surface area (Å²) in [5.74, 6) is -2.10. The molecule has 30 heteroatoms. The molecule has 0 saturated carbocycles. The fourth-order valence-electron chi connectivity index (χ4n) is 8.08. The van der Waals surface area contributed by atoms with Crippen LogP contribution in [0.5, 0.6) is 0 Å². The van der Waals surface area contributed by atoms with Crippen LogP contribution in [0.4, 0.5) is 0 Å². The molecule has 25 atom stereocenters. The minimum absolute atomic E-state index is 0.205. The molecule has 5 heterocycles. The van der Waals surface area contributed by atoms with E-state index in [1.165, 1.54) is 0 Å². The molecule has 0 bridgehead atoms. The Bertz CT molecular complexity index is 1580. The number of ether oxygens (including phenoxy) is 9. The Morgan fingerprint density at radius 3 is 1.41 bits per heavy atom. The predicted octanol–water partition coefficient (Wildman–Crippen LogP) is -11.1. The second-order valence-corrected chi connectivity index (χ2v) is 16.8. The highest BCUT2D eigenvalue weighted by Crippen LogP contribution is 2.35. The van der Waals surface area contributed by atoms with Gasteiger partial charge >= 0.3 is 0 Å². The first-order chi connectivity index (χ1) is 31.2. The van der Waals surface area contributed by atoms with Crippen LogP contribution in [0.3, 0.4) is 0 Å². The molecule has 5 aliphatic heterocycles. The first kappa shape index (κ1) is 54.9. The minimum Gasteiger partial charge on any atom is -0.394 e. The average Bonchev–Trinajstić information content (AvgIpc) is 3.28. The summed E-state index contributed by atoms with van der Waals surface area (Å²) in [6, 6.07) is -3.11. The molecule has 0 aromatic heterocycles. The van der Waals surface area contributed by atoms with Gasteiger partial charge in [-0.2, -0.15) is 0 Å². The quantitative estimate of drug-likeness (QED) is 0.0602. The lowest BCUT2D eigenvalue weighted by Gasteiger charge is -2.50. The van der Waals surface area contributed by atoms with Gasteiger partial charge in [0, 0.05) is 13.8 Å². The Morgan fingerprint density at radius 2 is 0.879 bits per heavy atom. The molecule has 0 aliphatic carbocycles. The summed E-state index contributed by atoms with van der Waals surface area (Å²) in [5, 5.41) is 156. The lowest BCUT2D eigenvalue weighted by Crippen LogP contribution is -2.71. The van der Waals surface area contributed by atoms with E-state index in [1.807, 2.05) is 0 Å². The van der Waals surface area contributed by atoms with E-state index in [1.54, 1.807) is 0 Å². The van der Waals surface area contributed by atoms with Crippen LogP contribution in [-0.4, -0.2) is 281 Å². The minimum atomic E-state index is -2.20. The monoisotopic (exact) mass is 1030 g/mol. The maximum atomic E-state index is 12.6. The van der Waals surface area contributed by atoms with Crippen molar-refractivity contribution < 1.29 is 129 Å². The number of nitrogens with one attached hydrogen (secondary N) is 3. The first-order valence-corrected chi connectivity index (χ1v) is 21.8. The van der Waals surface area contributed by atoms with Crippen LogP contribution in [0.15, 0.2) is 0 Å². The third-order valence-electron chi connectivity index (χ3n) is 11.6. The van der Waals surface area contributed by atoms with Gasteiger partial charge in [-0.3, -0.25) is 14.4 Å². The van der Waals surface area contributed by atoms with E-state index in [9.17, 15) is 85.9 Å². The van der Waals surface area contributed by atoms with E-state index >= 15 is 0 Å². The van der Waals surface area contributed by atoms with Crippen molar-refractivity contribution in [2.75, 3.05) is 38.4 Å². The summed E-state index contributed by atoms with van der Waals surface area (Å²) in [6.45, 7) is -2.31. The van der Waals surface area contributed by atoms with Gasteiger partial charge in [0.15, 0.2) is 31.4 Å². The van der Waals surface area contributed by atoms with Gasteiger partial charge in [-0.15, -0.1) is 0 Å². The highest BCUT2D eigenvalue weighted by molar-refractivity contribution is 9.09. The Hall–Kier alpha value is -2.03. The van der Waals surface area contributed by atoms with Gasteiger partial charge < -0.3 is 130 Å². The lowest BCUT2D eigenvalue weighted by molar-refractivity contribution is -0.383. The second-order valence-electron chi connectivity index (χ2n) is 16.2. The number of amides is 3. The van der Waals surface area contributed by atoms with Gasteiger partial charge in [0.25, 0.3) is 0 Å². The van der Waals surface area contributed by atoms with Crippen LogP contribution in [0, 0.1) is 0 Å². The van der Waals surface area contributed by atoms with Gasteiger partial charge in [0.1, 0.15) is 122 Å². The number of rotatable bonds is 17. The van der Waals surface area contributed by atoms with Crippen LogP contribution >= 0.6 is 15.9 Å². The summed E-state index contributed by atoms with van der Waals surface area (Å²) in [7, 11) is 0. The van der Waals surface area contributed by atoms with Crippen LogP contribution < -0.4 is 16.0 Å². The molecule has 66 heavy (non-hydrogen) atoms. The molecule has 5 aliphatic rings. The highest BCUT2D eigenvalue weighted by Gasteiger charge is 2.56. The zero-order valence-electron chi connectivity index (χ0n) is 35.2. The molecular weight excluding hydrogens is 970 g/mol. The zero-order chi connectivity index (χ0) is 48.9. The topological polar surface area (TPSA) is 454 Å². The molecule has 0 aromatic carbocycles. The average molecular weight is 1030 g/mol. The molecule has 17 N–H and O–H groups in total. The lowest BCUT2D eigenvalue weighted by atomic mass is 9.93. The van der Waals surface area contributed by atoms with Crippen LogP contribution in [0.2, 0.25) is 0 Å². The van der Waals surface area contributed by atoms with Crippen LogP contribution in [0.25, 0.3) is 0 Å². The molecule has 5 fully saturated rings. The fourth-order valence-corrected chi connectivity index (χ4v) is 8.24. The van der Waals surface area contributed by atoms with Crippen LogP contribution in [-0.2, 0) is 57.0 Å². The van der Waals surface area contributed by atoms with E-state index < -0.39 is 204 Å². The Morgan fingerprint density at radius 1 is 0.455 bits per heavy atom. The summed E-state index contributed by atoms with van der Waals surface area (Å²) in [5.41, 5.74) is 0. The Kier molecular flexibility index (Phi) is 20.1. The van der Waals surface area contributed by atoms with Crippen molar-refractivity contribution in [2.45, 2.75) is 167 Å². The van der Waals surface area contributed by atoms with Gasteiger partial charge in [-0.1, -0.05) is 15.9 Å². The number of carbonyl (C=O) groups excluding carboxylic acids is 3. The maximum absolute atomic E-state index is 12.6. The summed E-state index contributed by atoms with van der Waals surface area (Å²) < 4.78 is 51.6. The molecule has 11 unspecified atom stereocenters. The maximum Gasteiger partial charge on any atom is 0.232 e. The van der Waals surface area contributed by atoms with Crippen molar-refractivity contribution in [1.82, 2.24) is 16.0 Å². The molecule has 0 spiro atoms. The highest BCUT2D eigenvalue weighted by atomic mass is 79.9. The summed E-state index contributed by atoms with van der Waals surface area (Å²) in [6.07, 6.45) is -42.0. The Labute approximate surface area is 383 Å². The zero-order valence-corrected chi connectivity index (χ0v) is 36.8. The van der Waals surface area contributed by atoms with Crippen molar-refractivity contribution >= 4 is 33.7 Å². The number of aliphatic hydroxyl groups is 14. The number of hydrogen-bond donors (Lipinski definition) is 17. The standard InChI is InChI=1S/C36H60BrN3O26/c1-9(45)38-17-22(51)29(13(6-43)59-32(17)40-16(47)3-37)64-33-18(39-10(2)46)23(52)30(14(7-44)62-33)65-36-28(57)31(66-35-27(56)25(54)20(49)12(5-42)61-35)21(50)15(63-36)8-58-34-26(55)24(53)19(48)11(4-41)60-34/h11-15,17-36,41-44,48-57H,3-8H2,1-2H3,(H,38,45)(H,39,46)(H,40,47)/t11?,12?,13?,14?,15?,17-,18-,19+,20+,21+,22?,23?,24?,25?,26+,27?,28+,29+,30+,31?,32+,33-,34-,35+,36-/m0/s1. The fraction of sp³-hybridized carbons (Fsp3) is 0.917. The van der Waals surface area contributed by atoms with Crippen molar-refractivity contribution in [3.8, 4) is 0 Å². The van der Waals surface area contributed by atoms with Gasteiger partial charge in [0.05, 0.1) is 38.4 Å². The molecule has 5 rings (SSSR count). The van der Waals surface area contributed by atoms with Crippen LogP contribution in [0.1, 0.15) is 13.8 Å². The molecule has 3 amide bonds. The normalized spacial score (nSPS) is 46.6. The number of aliphatic hydroxyl groups excluding tert-OH is 14. The van der Waals surface area contributed by atoms with Crippen molar-refractivity contribution in [2.24, 2.45) is 0 Å². The third kappa shape index (κ3) is 12.3. The Balaban J connectivity index is 1.42. The van der Waals surface area contributed by atoms with Crippen molar-refractivity contribution in [3.63, 3.8) is 0 Å². The third-order valence-corrected chi connectivity index (χ3v) is 12.1. The first-order valence-electron chi connectivity index (χ1n) is 20.7. The number of halogens is 1. The molecule has 0 aromatic rings. The van der Waals surface area contributed by atoms with Gasteiger partial charge in [-0.25, -0.2) is 0 Å². The SMILES string of the molecule is CC(=O)N[C@H]1C(O)[C@H](O[C@@H]2OC(CO[C@H]3OC(CO)[C@@H](O)C(O)[C@H]3O)[C@@H](O)C(O[C@H]3OC(CO)[C@@H](O)C(O)C3O)[C@H]2O)C(CO)O[C@H]1O[C@@H]1C(CO)O[C@@H](NC(=O)CBr)[C@@H](NC(C)=O)C1O. The van der Waals surface area contributed by atoms with Gasteiger partial charge in [0.2, 0.25) is 17.7 Å². The number of hydrogen-bond acceptors (Lipinski definition) is 26. The van der Waals surface area contributed by atoms with Crippen molar-refractivity contribution in [1.29, 1.82) is 0 Å². The van der Waals surface area contributed by atoms with E-state index in [0.29, 0.717) is 0 Å². The number of alkyl halides is 1. The largest absolute Gasteiger partial charge is 0.394 e. The van der Waals surface area contributed by atoms with E-state index in [0.717, 1.165) is 13.8 Å². The number of carbonyl (C=O) groups is 3. The van der Waals surface area contributed by atoms with Crippen molar-refractivity contribution in [3.05, 3.63) is 0 Å². The molecule has 5 saturated heterocycles. The molecule has 382 valence electrons. The van der Waals surface area contributed by atoms with E-state index in [-0.39, 0.29) is 5.33 Å². The van der Waals surface area contributed by atoms with E-state index in [2.05, 4.69) is 31.9 Å². The second kappa shape index (κ2) is 24.2. The molecular formula is C36H60BrN3O26. The molecule has 0 radical (unpaired) electrons. The predicted molar refractivity (Wildman–Crippen MR) is 209 cm³/mol. The summed E-state index contributed by atoms with van der Waals surface area (Å²) >= 11 is 2.98. The van der Waals surface area contributed by atoms with E-state index in [4.69, 9.17) is 42.6 Å². The molecule has 29 nitrogen and oxygen atoms in total. The smallest absolute Gasteiger partial charge is 0.232 e. The van der Waals surface area contributed by atoms with Gasteiger partial charge in [-0.05, 0) is 0 Å².